The van der Waals surface area contributed by atoms with Gasteiger partial charge in [-0.15, -0.1) is 0 Å². The standard InChI is InChI=1S/C12H15BrF3NO/c1-11(2,3)10(17)8-6(12(14,15)16)4-5-7(13)9(8)18/h4-5,10,18H,17H2,1-3H3/t10-/m0/s1. The number of phenols is 1. The zero-order valence-electron chi connectivity index (χ0n) is 10.3. The van der Waals surface area contributed by atoms with Gasteiger partial charge in [0.2, 0.25) is 0 Å². The lowest BCUT2D eigenvalue weighted by Crippen LogP contribution is -2.29. The zero-order chi connectivity index (χ0) is 14.3. The molecule has 0 aliphatic rings. The molecular weight excluding hydrogens is 311 g/mol. The molecule has 0 unspecified atom stereocenters. The lowest BCUT2D eigenvalue weighted by Gasteiger charge is -2.30. The van der Waals surface area contributed by atoms with E-state index in [0.717, 1.165) is 12.1 Å². The summed E-state index contributed by atoms with van der Waals surface area (Å²) in [5, 5.41) is 9.85. The molecule has 0 aliphatic carbocycles. The van der Waals surface area contributed by atoms with Crippen molar-refractivity contribution >= 4 is 15.9 Å². The summed E-state index contributed by atoms with van der Waals surface area (Å²) < 4.78 is 39.0. The lowest BCUT2D eigenvalue weighted by atomic mass is 9.81. The fourth-order valence-electron chi connectivity index (χ4n) is 1.58. The second-order valence-corrected chi connectivity index (χ2v) is 6.05. The fourth-order valence-corrected chi connectivity index (χ4v) is 1.92. The smallest absolute Gasteiger partial charge is 0.416 e. The van der Waals surface area contributed by atoms with Crippen molar-refractivity contribution in [1.29, 1.82) is 0 Å². The predicted molar refractivity (Wildman–Crippen MR) is 67.2 cm³/mol. The predicted octanol–water partition coefficient (Wildman–Crippen LogP) is 4.22. The van der Waals surface area contributed by atoms with Gasteiger partial charge in [0.15, 0.2) is 0 Å². The van der Waals surface area contributed by atoms with Crippen LogP contribution in [0.25, 0.3) is 0 Å². The molecule has 0 spiro atoms. The van der Waals surface area contributed by atoms with E-state index >= 15 is 0 Å². The SMILES string of the molecule is CC(C)(C)[C@@H](N)c1c(C(F)(F)F)ccc(Br)c1O. The molecule has 0 aliphatic heterocycles. The Labute approximate surface area is 112 Å². The number of rotatable bonds is 1. The maximum Gasteiger partial charge on any atom is 0.416 e. The molecule has 102 valence electrons. The molecule has 0 bridgehead atoms. The van der Waals surface area contributed by atoms with Crippen LogP contribution in [0, 0.1) is 5.41 Å². The molecule has 1 aromatic rings. The van der Waals surface area contributed by atoms with E-state index in [1.54, 1.807) is 20.8 Å². The third kappa shape index (κ3) is 2.98. The van der Waals surface area contributed by atoms with Gasteiger partial charge in [0.1, 0.15) is 5.75 Å². The van der Waals surface area contributed by atoms with E-state index in [4.69, 9.17) is 5.73 Å². The molecule has 0 saturated heterocycles. The van der Waals surface area contributed by atoms with Crippen molar-refractivity contribution in [2.75, 3.05) is 0 Å². The van der Waals surface area contributed by atoms with Gasteiger partial charge in [-0.25, -0.2) is 0 Å². The first-order valence-corrected chi connectivity index (χ1v) is 6.09. The molecule has 6 heteroatoms. The molecule has 18 heavy (non-hydrogen) atoms. The van der Waals surface area contributed by atoms with Gasteiger partial charge in [-0.3, -0.25) is 0 Å². The van der Waals surface area contributed by atoms with Crippen molar-refractivity contribution in [2.45, 2.75) is 33.0 Å². The third-order valence-electron chi connectivity index (χ3n) is 2.72. The first-order chi connectivity index (χ1) is 7.96. The monoisotopic (exact) mass is 325 g/mol. The van der Waals surface area contributed by atoms with Crippen molar-refractivity contribution in [3.63, 3.8) is 0 Å². The van der Waals surface area contributed by atoms with E-state index in [-0.39, 0.29) is 10.0 Å². The molecule has 2 nitrogen and oxygen atoms in total. The van der Waals surface area contributed by atoms with E-state index in [0.29, 0.717) is 0 Å². The molecule has 1 atom stereocenters. The quantitative estimate of drug-likeness (QED) is 0.812. The van der Waals surface area contributed by atoms with Gasteiger partial charge in [0, 0.05) is 11.6 Å². The van der Waals surface area contributed by atoms with Crippen LogP contribution in [0.1, 0.15) is 37.9 Å². The molecular formula is C12H15BrF3NO. The highest BCUT2D eigenvalue weighted by atomic mass is 79.9. The molecule has 0 aromatic heterocycles. The van der Waals surface area contributed by atoms with Crippen molar-refractivity contribution in [2.24, 2.45) is 11.1 Å². The molecule has 1 rings (SSSR count). The van der Waals surface area contributed by atoms with E-state index in [1.807, 2.05) is 0 Å². The maximum absolute atomic E-state index is 12.9. The van der Waals surface area contributed by atoms with Gasteiger partial charge in [-0.1, -0.05) is 20.8 Å². The van der Waals surface area contributed by atoms with Gasteiger partial charge in [0.05, 0.1) is 10.0 Å². The van der Waals surface area contributed by atoms with Crippen LogP contribution in [0.5, 0.6) is 5.75 Å². The van der Waals surface area contributed by atoms with Crippen LogP contribution in [-0.2, 0) is 6.18 Å². The molecule has 0 saturated carbocycles. The number of benzene rings is 1. The second-order valence-electron chi connectivity index (χ2n) is 5.20. The lowest BCUT2D eigenvalue weighted by molar-refractivity contribution is -0.138. The van der Waals surface area contributed by atoms with Crippen molar-refractivity contribution in [3.8, 4) is 5.75 Å². The van der Waals surface area contributed by atoms with Gasteiger partial charge in [-0.05, 0) is 33.5 Å². The Kier molecular flexibility index (Phi) is 4.03. The van der Waals surface area contributed by atoms with E-state index in [2.05, 4.69) is 15.9 Å². The Balaban J connectivity index is 3.53. The Morgan fingerprint density at radius 1 is 1.22 bits per heavy atom. The van der Waals surface area contributed by atoms with Crippen molar-refractivity contribution < 1.29 is 18.3 Å². The minimum absolute atomic E-state index is 0.199. The highest BCUT2D eigenvalue weighted by Crippen LogP contribution is 2.45. The Hall–Kier alpha value is -0.750. The van der Waals surface area contributed by atoms with Crippen LogP contribution in [0.15, 0.2) is 16.6 Å². The summed E-state index contributed by atoms with van der Waals surface area (Å²) in [6.45, 7) is 5.16. The van der Waals surface area contributed by atoms with E-state index in [9.17, 15) is 18.3 Å². The molecule has 3 N–H and O–H groups in total. The number of hydrogen-bond donors (Lipinski definition) is 2. The first-order valence-electron chi connectivity index (χ1n) is 5.30. The van der Waals surface area contributed by atoms with Crippen molar-refractivity contribution in [1.82, 2.24) is 0 Å². The minimum Gasteiger partial charge on any atom is -0.506 e. The maximum atomic E-state index is 12.9. The summed E-state index contributed by atoms with van der Waals surface area (Å²) in [4.78, 5) is 0. The summed E-state index contributed by atoms with van der Waals surface area (Å²) >= 11 is 3.01. The Morgan fingerprint density at radius 2 is 1.72 bits per heavy atom. The second kappa shape index (κ2) is 4.74. The van der Waals surface area contributed by atoms with Crippen molar-refractivity contribution in [3.05, 3.63) is 27.7 Å². The van der Waals surface area contributed by atoms with Crippen LogP contribution in [0.2, 0.25) is 0 Å². The largest absolute Gasteiger partial charge is 0.506 e. The molecule has 0 amide bonds. The third-order valence-corrected chi connectivity index (χ3v) is 3.36. The van der Waals surface area contributed by atoms with Gasteiger partial charge >= 0.3 is 6.18 Å². The number of nitrogens with two attached hydrogens (primary N) is 1. The van der Waals surface area contributed by atoms with Gasteiger partial charge in [-0.2, -0.15) is 13.2 Å². The number of halogens is 4. The fraction of sp³-hybridized carbons (Fsp3) is 0.500. The minimum atomic E-state index is -4.55. The highest BCUT2D eigenvalue weighted by molar-refractivity contribution is 9.10. The number of aromatic hydroxyl groups is 1. The topological polar surface area (TPSA) is 46.2 Å². The number of phenolic OH excluding ortho intramolecular Hbond substituents is 1. The average Bonchev–Trinajstić information content (AvgIpc) is 2.17. The molecule has 1 aromatic carbocycles. The Bertz CT molecular complexity index is 452. The molecule has 0 fully saturated rings. The van der Waals surface area contributed by atoms with Crippen LogP contribution in [0.3, 0.4) is 0 Å². The van der Waals surface area contributed by atoms with Gasteiger partial charge < -0.3 is 10.8 Å². The Morgan fingerprint density at radius 3 is 2.11 bits per heavy atom. The summed E-state index contributed by atoms with van der Waals surface area (Å²) in [5.41, 5.74) is 4.09. The van der Waals surface area contributed by atoms with Crippen LogP contribution >= 0.6 is 15.9 Å². The number of hydrogen-bond acceptors (Lipinski definition) is 2. The summed E-state index contributed by atoms with van der Waals surface area (Å²) in [7, 11) is 0. The van der Waals surface area contributed by atoms with Crippen LogP contribution in [-0.4, -0.2) is 5.11 Å². The summed E-state index contributed by atoms with van der Waals surface area (Å²) in [6, 6.07) is 1.16. The summed E-state index contributed by atoms with van der Waals surface area (Å²) in [5.74, 6) is -0.452. The van der Waals surface area contributed by atoms with E-state index in [1.165, 1.54) is 0 Å². The molecule has 0 heterocycles. The van der Waals surface area contributed by atoms with Gasteiger partial charge in [0.25, 0.3) is 0 Å². The summed E-state index contributed by atoms with van der Waals surface area (Å²) in [6.07, 6.45) is -4.55. The average molecular weight is 326 g/mol. The highest BCUT2D eigenvalue weighted by Gasteiger charge is 2.39. The van der Waals surface area contributed by atoms with Crippen LogP contribution < -0.4 is 5.73 Å². The van der Waals surface area contributed by atoms with E-state index < -0.39 is 28.9 Å². The van der Waals surface area contributed by atoms with Crippen LogP contribution in [0.4, 0.5) is 13.2 Å². The number of alkyl halides is 3. The normalized spacial score (nSPS) is 14.7. The zero-order valence-corrected chi connectivity index (χ0v) is 11.9. The first kappa shape index (κ1) is 15.3. The molecule has 0 radical (unpaired) electrons.